The molecule has 0 aliphatic heterocycles. The summed E-state index contributed by atoms with van der Waals surface area (Å²) in [5.74, 6) is -0.549. The number of carbonyl (C=O) groups excluding carboxylic acids is 2. The molecule has 0 aliphatic rings. The third kappa shape index (κ3) is 10.1. The summed E-state index contributed by atoms with van der Waals surface area (Å²) in [6, 6.07) is 34.3. The minimum atomic E-state index is -0.865. The lowest BCUT2D eigenvalue weighted by Crippen LogP contribution is -2.48. The third-order valence-electron chi connectivity index (χ3n) is 7.79. The van der Waals surface area contributed by atoms with Crippen LogP contribution in [0.15, 0.2) is 115 Å². The average Bonchev–Trinajstić information content (AvgIpc) is 3.51. The molecule has 0 fully saturated rings. The zero-order valence-electron chi connectivity index (χ0n) is 26.7. The molecule has 0 unspecified atom stereocenters. The number of benzene rings is 4. The zero-order chi connectivity index (χ0) is 33.0. The number of aliphatic hydroxyl groups excluding tert-OH is 1. The van der Waals surface area contributed by atoms with Crippen LogP contribution in [-0.4, -0.2) is 52.5 Å². The molecule has 0 radical (unpaired) electrons. The molecular formula is C38H41N5O3S. The van der Waals surface area contributed by atoms with Crippen LogP contribution in [0.3, 0.4) is 0 Å². The number of aromatic nitrogens is 1. The highest BCUT2D eigenvalue weighted by atomic mass is 32.1. The maximum Gasteiger partial charge on any atom is 0.253 e. The number of amides is 2. The lowest BCUT2D eigenvalue weighted by molar-refractivity contribution is 0.0784. The topological polar surface area (TPSA) is 107 Å². The van der Waals surface area contributed by atoms with E-state index in [0.717, 1.165) is 34.1 Å². The first-order valence-corrected chi connectivity index (χ1v) is 16.6. The van der Waals surface area contributed by atoms with Crippen LogP contribution in [0.25, 0.3) is 0 Å². The standard InChI is InChI=1S/C38H41N5O3S/c1-27-26-47-36(41-27)25-43(2)38(46)32-17-10-16-31(21-32)37(45)42-34(20-28-11-5-3-6-12-28)35(44)24-39-22-30-15-9-18-33(19-30)40-23-29-13-7-4-8-14-29/h3-19,21,26,34-35,39-40,44H,20,22-25H2,1-2H3,(H,42,45)/t34-,35+/m0/s1. The number of thiazole rings is 1. The predicted octanol–water partition coefficient (Wildman–Crippen LogP) is 5.83. The lowest BCUT2D eigenvalue weighted by atomic mass is 10.00. The minimum Gasteiger partial charge on any atom is -0.390 e. The van der Waals surface area contributed by atoms with Crippen molar-refractivity contribution in [3.8, 4) is 0 Å². The zero-order valence-corrected chi connectivity index (χ0v) is 27.5. The Bertz CT molecular complexity index is 1740. The summed E-state index contributed by atoms with van der Waals surface area (Å²) in [6.45, 7) is 3.88. The molecule has 1 aromatic heterocycles. The summed E-state index contributed by atoms with van der Waals surface area (Å²) in [5.41, 5.74) is 6.00. The number of hydrogen-bond donors (Lipinski definition) is 4. The van der Waals surface area contributed by atoms with Crippen LogP contribution in [-0.2, 0) is 26.1 Å². The summed E-state index contributed by atoms with van der Waals surface area (Å²) in [4.78, 5) is 32.7. The van der Waals surface area contributed by atoms with Crippen LogP contribution >= 0.6 is 11.3 Å². The van der Waals surface area contributed by atoms with Crippen molar-refractivity contribution in [2.75, 3.05) is 18.9 Å². The number of nitrogens with one attached hydrogen (secondary N) is 3. The van der Waals surface area contributed by atoms with Crippen molar-refractivity contribution in [3.63, 3.8) is 0 Å². The minimum absolute atomic E-state index is 0.197. The highest BCUT2D eigenvalue weighted by Gasteiger charge is 2.23. The van der Waals surface area contributed by atoms with Crippen LogP contribution in [0.2, 0.25) is 0 Å². The largest absolute Gasteiger partial charge is 0.390 e. The molecule has 1 heterocycles. The van der Waals surface area contributed by atoms with E-state index < -0.39 is 12.1 Å². The number of nitrogens with zero attached hydrogens (tertiary/aromatic N) is 2. The van der Waals surface area contributed by atoms with Crippen LogP contribution in [0.5, 0.6) is 0 Å². The molecule has 242 valence electrons. The first kappa shape index (κ1) is 33.5. The fourth-order valence-electron chi connectivity index (χ4n) is 5.26. The average molecular weight is 648 g/mol. The van der Waals surface area contributed by atoms with Crippen LogP contribution in [0.1, 0.15) is 48.1 Å². The maximum absolute atomic E-state index is 13.5. The van der Waals surface area contributed by atoms with Gasteiger partial charge in [-0.15, -0.1) is 11.3 Å². The van der Waals surface area contributed by atoms with Crippen molar-refractivity contribution < 1.29 is 14.7 Å². The number of carbonyl (C=O) groups is 2. The van der Waals surface area contributed by atoms with E-state index in [1.807, 2.05) is 79.0 Å². The van der Waals surface area contributed by atoms with E-state index in [0.29, 0.717) is 30.6 Å². The molecule has 0 aliphatic carbocycles. The van der Waals surface area contributed by atoms with Gasteiger partial charge in [0, 0.05) is 54.6 Å². The Labute approximate surface area is 280 Å². The molecule has 4 N–H and O–H groups in total. The predicted molar refractivity (Wildman–Crippen MR) is 188 cm³/mol. The second kappa shape index (κ2) is 16.6. The van der Waals surface area contributed by atoms with Crippen molar-refractivity contribution >= 4 is 28.8 Å². The molecule has 0 spiro atoms. The maximum atomic E-state index is 13.5. The smallest absolute Gasteiger partial charge is 0.253 e. The van der Waals surface area contributed by atoms with Crippen LogP contribution in [0.4, 0.5) is 5.69 Å². The second-order valence-electron chi connectivity index (χ2n) is 11.6. The van der Waals surface area contributed by atoms with Gasteiger partial charge >= 0.3 is 0 Å². The van der Waals surface area contributed by atoms with E-state index in [9.17, 15) is 14.7 Å². The van der Waals surface area contributed by atoms with Crippen molar-refractivity contribution in [1.82, 2.24) is 20.5 Å². The fraction of sp³-hybridized carbons (Fsp3) is 0.237. The molecule has 5 rings (SSSR count). The second-order valence-corrected chi connectivity index (χ2v) is 12.6. The Morgan fingerprint density at radius 1 is 0.830 bits per heavy atom. The SMILES string of the molecule is Cc1csc(CN(C)C(=O)c2cccc(C(=O)N[C@@H](Cc3ccccc3)[C@H](O)CNCc3cccc(NCc4ccccc4)c3)c2)n1. The van der Waals surface area contributed by atoms with Gasteiger partial charge in [-0.25, -0.2) is 4.98 Å². The highest BCUT2D eigenvalue weighted by molar-refractivity contribution is 7.09. The van der Waals surface area contributed by atoms with Crippen LogP contribution in [0, 0.1) is 6.92 Å². The van der Waals surface area contributed by atoms with E-state index in [-0.39, 0.29) is 18.4 Å². The van der Waals surface area contributed by atoms with Gasteiger partial charge < -0.3 is 26.0 Å². The molecule has 0 bridgehead atoms. The van der Waals surface area contributed by atoms with Crippen molar-refractivity contribution in [1.29, 1.82) is 0 Å². The van der Waals surface area contributed by atoms with Gasteiger partial charge in [0.25, 0.3) is 11.8 Å². The molecular weight excluding hydrogens is 607 g/mol. The lowest BCUT2D eigenvalue weighted by Gasteiger charge is -2.25. The summed E-state index contributed by atoms with van der Waals surface area (Å²) in [7, 11) is 1.72. The van der Waals surface area contributed by atoms with E-state index in [1.165, 1.54) is 16.9 Å². The van der Waals surface area contributed by atoms with E-state index in [1.54, 1.807) is 36.2 Å². The Morgan fingerprint density at radius 2 is 1.51 bits per heavy atom. The Balaban J connectivity index is 1.20. The number of hydrogen-bond acceptors (Lipinski definition) is 7. The fourth-order valence-corrected chi connectivity index (χ4v) is 6.09. The molecule has 4 aromatic carbocycles. The number of aliphatic hydroxyl groups is 1. The first-order valence-electron chi connectivity index (χ1n) is 15.7. The summed E-state index contributed by atoms with van der Waals surface area (Å²) in [6.07, 6.45) is -0.417. The quantitative estimate of drug-likeness (QED) is 0.114. The normalized spacial score (nSPS) is 12.2. The van der Waals surface area contributed by atoms with Gasteiger partial charge in [0.15, 0.2) is 0 Å². The van der Waals surface area contributed by atoms with Gasteiger partial charge in [0.05, 0.1) is 18.7 Å². The van der Waals surface area contributed by atoms with E-state index in [2.05, 4.69) is 39.1 Å². The number of aryl methyl sites for hydroxylation is 1. The van der Waals surface area contributed by atoms with Crippen molar-refractivity contribution in [3.05, 3.63) is 153 Å². The summed E-state index contributed by atoms with van der Waals surface area (Å²) in [5, 5.41) is 24.0. The molecule has 2 amide bonds. The first-order chi connectivity index (χ1) is 22.8. The number of anilines is 1. The van der Waals surface area contributed by atoms with Crippen LogP contribution < -0.4 is 16.0 Å². The van der Waals surface area contributed by atoms with Crippen molar-refractivity contribution in [2.24, 2.45) is 0 Å². The molecule has 8 nitrogen and oxygen atoms in total. The monoisotopic (exact) mass is 647 g/mol. The Kier molecular flexibility index (Phi) is 11.9. The molecule has 0 saturated heterocycles. The van der Waals surface area contributed by atoms with Gasteiger partial charge in [0.1, 0.15) is 5.01 Å². The molecule has 5 aromatic rings. The molecule has 47 heavy (non-hydrogen) atoms. The molecule has 9 heteroatoms. The van der Waals surface area contributed by atoms with Gasteiger partial charge in [0.2, 0.25) is 0 Å². The summed E-state index contributed by atoms with van der Waals surface area (Å²) < 4.78 is 0. The van der Waals surface area contributed by atoms with Gasteiger partial charge in [-0.1, -0.05) is 78.9 Å². The number of rotatable bonds is 15. The van der Waals surface area contributed by atoms with E-state index >= 15 is 0 Å². The Morgan fingerprint density at radius 3 is 2.23 bits per heavy atom. The molecule has 2 atom stereocenters. The highest BCUT2D eigenvalue weighted by Crippen LogP contribution is 2.16. The molecule has 0 saturated carbocycles. The van der Waals surface area contributed by atoms with Gasteiger partial charge in [-0.3, -0.25) is 9.59 Å². The van der Waals surface area contributed by atoms with Crippen molar-refractivity contribution in [2.45, 2.75) is 45.1 Å². The third-order valence-corrected chi connectivity index (χ3v) is 8.74. The Hall–Kier alpha value is -4.83. The summed E-state index contributed by atoms with van der Waals surface area (Å²) >= 11 is 1.51. The van der Waals surface area contributed by atoms with Gasteiger partial charge in [-0.05, 0) is 60.4 Å². The van der Waals surface area contributed by atoms with Gasteiger partial charge in [-0.2, -0.15) is 0 Å². The van der Waals surface area contributed by atoms with E-state index in [4.69, 9.17) is 0 Å².